The summed E-state index contributed by atoms with van der Waals surface area (Å²) in [5, 5.41) is 25.4. The third-order valence-electron chi connectivity index (χ3n) is 4.23. The highest BCUT2D eigenvalue weighted by Crippen LogP contribution is 2.05. The number of hydrogen-bond acceptors (Lipinski definition) is 8. The standard InChI is InChI=1S/C18H32N4O7S2/c1-10(20-16(26)11(19)6-8-30-2)15(25)21-12(4-5-14(23)24)17(27)22-13(18(28)29)7-9-31-3/h10-13H,4-9,19H2,1-3H3,(H,20,26)(H,21,25)(H,22,27)(H,23,24)(H,28,29). The number of hydrogen-bond donors (Lipinski definition) is 6. The van der Waals surface area contributed by atoms with E-state index >= 15 is 0 Å². The van der Waals surface area contributed by atoms with E-state index in [0.717, 1.165) is 0 Å². The van der Waals surface area contributed by atoms with Crippen LogP contribution in [0.15, 0.2) is 0 Å². The maximum atomic E-state index is 12.5. The Morgan fingerprint density at radius 2 is 1.35 bits per heavy atom. The highest BCUT2D eigenvalue weighted by Gasteiger charge is 2.29. The SMILES string of the molecule is CSCCC(N)C(=O)NC(C)C(=O)NC(CCC(=O)O)C(=O)NC(CCSC)C(=O)O. The molecule has 0 radical (unpaired) electrons. The summed E-state index contributed by atoms with van der Waals surface area (Å²) in [6.45, 7) is 1.40. The molecule has 0 fully saturated rings. The van der Waals surface area contributed by atoms with Gasteiger partial charge < -0.3 is 31.9 Å². The lowest BCUT2D eigenvalue weighted by Crippen LogP contribution is -2.56. The van der Waals surface area contributed by atoms with Crippen LogP contribution in [0.1, 0.15) is 32.6 Å². The molecule has 0 heterocycles. The van der Waals surface area contributed by atoms with E-state index in [2.05, 4.69) is 16.0 Å². The van der Waals surface area contributed by atoms with E-state index in [0.29, 0.717) is 17.9 Å². The fraction of sp³-hybridized carbons (Fsp3) is 0.722. The van der Waals surface area contributed by atoms with Crippen molar-refractivity contribution in [2.24, 2.45) is 5.73 Å². The van der Waals surface area contributed by atoms with Crippen LogP contribution in [-0.2, 0) is 24.0 Å². The molecule has 0 spiro atoms. The molecular formula is C18H32N4O7S2. The first kappa shape index (κ1) is 29.0. The Labute approximate surface area is 190 Å². The maximum absolute atomic E-state index is 12.5. The fourth-order valence-corrected chi connectivity index (χ4v) is 3.32. The number of carbonyl (C=O) groups excluding carboxylic acids is 3. The summed E-state index contributed by atoms with van der Waals surface area (Å²) in [6, 6.07) is -4.26. The normalized spacial score (nSPS) is 14.6. The summed E-state index contributed by atoms with van der Waals surface area (Å²) in [5.41, 5.74) is 5.76. The van der Waals surface area contributed by atoms with Gasteiger partial charge in [-0.1, -0.05) is 0 Å². The molecule has 0 saturated heterocycles. The number of aliphatic carboxylic acids is 2. The van der Waals surface area contributed by atoms with Crippen LogP contribution in [0.3, 0.4) is 0 Å². The molecule has 7 N–H and O–H groups in total. The minimum atomic E-state index is -1.27. The van der Waals surface area contributed by atoms with Crippen LogP contribution >= 0.6 is 23.5 Å². The summed E-state index contributed by atoms with van der Waals surface area (Å²) in [5.74, 6) is -3.29. The van der Waals surface area contributed by atoms with Crippen LogP contribution in [0.2, 0.25) is 0 Å². The Morgan fingerprint density at radius 1 is 0.806 bits per heavy atom. The van der Waals surface area contributed by atoms with Gasteiger partial charge in [0.25, 0.3) is 0 Å². The zero-order valence-corrected chi connectivity index (χ0v) is 19.5. The number of thioether (sulfide) groups is 2. The molecule has 0 bridgehead atoms. The summed E-state index contributed by atoms with van der Waals surface area (Å²) < 4.78 is 0. The van der Waals surface area contributed by atoms with Crippen molar-refractivity contribution in [3.8, 4) is 0 Å². The van der Waals surface area contributed by atoms with E-state index in [4.69, 9.17) is 10.8 Å². The van der Waals surface area contributed by atoms with E-state index in [9.17, 15) is 29.1 Å². The Hall–Kier alpha value is -1.99. The van der Waals surface area contributed by atoms with Gasteiger partial charge in [-0.2, -0.15) is 23.5 Å². The molecule has 0 aliphatic heterocycles. The highest BCUT2D eigenvalue weighted by atomic mass is 32.2. The number of nitrogens with two attached hydrogens (primary N) is 1. The van der Waals surface area contributed by atoms with Gasteiger partial charge in [0, 0.05) is 6.42 Å². The number of carboxylic acid groups (broad SMARTS) is 2. The van der Waals surface area contributed by atoms with Crippen LogP contribution in [0.25, 0.3) is 0 Å². The zero-order chi connectivity index (χ0) is 24.0. The van der Waals surface area contributed by atoms with E-state index in [1.165, 1.54) is 30.4 Å². The first-order valence-corrected chi connectivity index (χ1v) is 12.4. The average Bonchev–Trinajstić information content (AvgIpc) is 2.71. The smallest absolute Gasteiger partial charge is 0.326 e. The molecule has 178 valence electrons. The van der Waals surface area contributed by atoms with Gasteiger partial charge in [-0.05, 0) is 50.2 Å². The molecule has 13 heteroatoms. The molecule has 3 amide bonds. The van der Waals surface area contributed by atoms with Crippen molar-refractivity contribution in [3.63, 3.8) is 0 Å². The summed E-state index contributed by atoms with van der Waals surface area (Å²) >= 11 is 2.94. The summed E-state index contributed by atoms with van der Waals surface area (Å²) in [6.07, 6.45) is 3.61. The lowest BCUT2D eigenvalue weighted by atomic mass is 10.1. The Kier molecular flexibility index (Phi) is 14.7. The van der Waals surface area contributed by atoms with Crippen LogP contribution in [0, 0.1) is 0 Å². The minimum absolute atomic E-state index is 0.169. The van der Waals surface area contributed by atoms with Crippen molar-refractivity contribution in [2.75, 3.05) is 24.0 Å². The van der Waals surface area contributed by atoms with Gasteiger partial charge in [-0.15, -0.1) is 0 Å². The zero-order valence-electron chi connectivity index (χ0n) is 17.9. The van der Waals surface area contributed by atoms with Crippen molar-refractivity contribution in [2.45, 2.75) is 56.8 Å². The minimum Gasteiger partial charge on any atom is -0.481 e. The maximum Gasteiger partial charge on any atom is 0.326 e. The molecule has 0 aliphatic carbocycles. The molecular weight excluding hydrogens is 448 g/mol. The molecule has 0 aromatic heterocycles. The predicted molar refractivity (Wildman–Crippen MR) is 120 cm³/mol. The lowest BCUT2D eigenvalue weighted by Gasteiger charge is -2.23. The molecule has 0 aliphatic rings. The molecule has 0 aromatic carbocycles. The third-order valence-corrected chi connectivity index (χ3v) is 5.51. The van der Waals surface area contributed by atoms with Crippen LogP contribution in [0.5, 0.6) is 0 Å². The molecule has 11 nitrogen and oxygen atoms in total. The molecule has 4 unspecified atom stereocenters. The second-order valence-electron chi connectivity index (χ2n) is 6.79. The number of carbonyl (C=O) groups is 5. The lowest BCUT2D eigenvalue weighted by molar-refractivity contribution is -0.143. The van der Waals surface area contributed by atoms with Gasteiger partial charge in [0.2, 0.25) is 17.7 Å². The molecule has 0 aromatic rings. The van der Waals surface area contributed by atoms with E-state index in [-0.39, 0.29) is 12.8 Å². The summed E-state index contributed by atoms with van der Waals surface area (Å²) in [4.78, 5) is 59.3. The van der Waals surface area contributed by atoms with E-state index in [1.54, 1.807) is 6.26 Å². The third kappa shape index (κ3) is 12.5. The highest BCUT2D eigenvalue weighted by molar-refractivity contribution is 7.98. The molecule has 0 saturated carbocycles. The first-order valence-electron chi connectivity index (χ1n) is 9.62. The Balaban J connectivity index is 5.09. The van der Waals surface area contributed by atoms with Gasteiger partial charge in [-0.3, -0.25) is 19.2 Å². The van der Waals surface area contributed by atoms with Gasteiger partial charge >= 0.3 is 11.9 Å². The monoisotopic (exact) mass is 480 g/mol. The number of carboxylic acids is 2. The van der Waals surface area contributed by atoms with Gasteiger partial charge in [-0.25, -0.2) is 4.79 Å². The van der Waals surface area contributed by atoms with Crippen molar-refractivity contribution < 1.29 is 34.2 Å². The fourth-order valence-electron chi connectivity index (χ4n) is 2.36. The van der Waals surface area contributed by atoms with Gasteiger partial charge in [0.05, 0.1) is 6.04 Å². The predicted octanol–water partition coefficient (Wildman–Crippen LogP) is -0.756. The Bertz CT molecular complexity index is 636. The second kappa shape index (κ2) is 15.8. The number of nitrogens with one attached hydrogen (secondary N) is 3. The quantitative estimate of drug-likeness (QED) is 0.164. The van der Waals surface area contributed by atoms with Gasteiger partial charge in [0.1, 0.15) is 18.1 Å². The van der Waals surface area contributed by atoms with Gasteiger partial charge in [0.15, 0.2) is 0 Å². The molecule has 0 rings (SSSR count). The molecule has 4 atom stereocenters. The largest absolute Gasteiger partial charge is 0.481 e. The first-order chi connectivity index (χ1) is 14.5. The number of amides is 3. The van der Waals surface area contributed by atoms with Crippen molar-refractivity contribution in [3.05, 3.63) is 0 Å². The Morgan fingerprint density at radius 3 is 1.87 bits per heavy atom. The van der Waals surface area contributed by atoms with Crippen molar-refractivity contribution in [1.82, 2.24) is 16.0 Å². The topological polar surface area (TPSA) is 188 Å². The van der Waals surface area contributed by atoms with E-state index < -0.39 is 60.2 Å². The van der Waals surface area contributed by atoms with Crippen LogP contribution in [-0.4, -0.2) is 88.1 Å². The van der Waals surface area contributed by atoms with Crippen LogP contribution < -0.4 is 21.7 Å². The van der Waals surface area contributed by atoms with Crippen molar-refractivity contribution in [1.29, 1.82) is 0 Å². The van der Waals surface area contributed by atoms with Crippen molar-refractivity contribution >= 4 is 53.2 Å². The second-order valence-corrected chi connectivity index (χ2v) is 8.76. The molecule has 31 heavy (non-hydrogen) atoms. The average molecular weight is 481 g/mol. The number of rotatable bonds is 16. The van der Waals surface area contributed by atoms with E-state index in [1.807, 2.05) is 6.26 Å². The van der Waals surface area contributed by atoms with Crippen LogP contribution in [0.4, 0.5) is 0 Å². The summed E-state index contributed by atoms with van der Waals surface area (Å²) in [7, 11) is 0.